The summed E-state index contributed by atoms with van der Waals surface area (Å²) >= 11 is 0. The van der Waals surface area contributed by atoms with Gasteiger partial charge in [0.1, 0.15) is 6.08 Å². The number of carbonyl (C=O) groups is 1. The number of carbonyl (C=O) groups excluding carboxylic acids is 3. The van der Waals surface area contributed by atoms with Crippen molar-refractivity contribution in [1.82, 2.24) is 4.98 Å². The van der Waals surface area contributed by atoms with E-state index in [2.05, 4.69) is 4.98 Å². The summed E-state index contributed by atoms with van der Waals surface area (Å²) in [5.41, 5.74) is 0.297. The van der Waals surface area contributed by atoms with E-state index in [0.717, 1.165) is 0 Å². The number of hydrogen-bond acceptors (Lipinski definition) is 1. The van der Waals surface area contributed by atoms with Crippen molar-refractivity contribution < 1.29 is 13.6 Å². The Balaban J connectivity index is 2.23. The third-order valence-electron chi connectivity index (χ3n) is 1.78. The first kappa shape index (κ1) is 8.62. The lowest BCUT2D eigenvalue weighted by Crippen LogP contribution is -2.13. The monoisotopic (exact) mass is 190 g/mol. The Labute approximate surface area is 80.3 Å². The largest absolute Gasteiger partial charge is 0.653 e. The Kier molecular flexibility index (Phi) is 2.10. The minimum atomic E-state index is -0.473. The molecule has 0 fully saturated rings. The van der Waals surface area contributed by atoms with E-state index in [0.29, 0.717) is 17.3 Å². The van der Waals surface area contributed by atoms with Gasteiger partial charge in [-0.15, -0.1) is 0 Å². The minimum Gasteiger partial charge on any atom is -0.653 e. The highest BCUT2D eigenvalue weighted by Crippen LogP contribution is 1.97. The fraction of sp³-hybridized carbons (Fsp3) is 0.100. The fourth-order valence-electron chi connectivity index (χ4n) is 1.05. The highest BCUT2D eigenvalue weighted by molar-refractivity contribution is 6.42. The lowest BCUT2D eigenvalue weighted by Gasteiger charge is -1.88. The van der Waals surface area contributed by atoms with Crippen LogP contribution in [0.15, 0.2) is 30.7 Å². The van der Waals surface area contributed by atoms with Crippen molar-refractivity contribution in [2.75, 3.05) is 0 Å². The topological polar surface area (TPSA) is 53.8 Å². The Morgan fingerprint density at radius 1 is 1.57 bits per heavy atom. The predicted octanol–water partition coefficient (Wildman–Crippen LogP) is 0.541. The molecule has 1 aromatic heterocycles. The first-order chi connectivity index (χ1) is 6.77. The van der Waals surface area contributed by atoms with E-state index in [1.165, 1.54) is 6.26 Å². The lowest BCUT2D eigenvalue weighted by molar-refractivity contribution is -0.372. The fourth-order valence-corrected chi connectivity index (χ4v) is 1.05. The zero-order chi connectivity index (χ0) is 9.97. The van der Waals surface area contributed by atoms with Crippen LogP contribution >= 0.6 is 0 Å². The van der Waals surface area contributed by atoms with Crippen LogP contribution in [-0.4, -0.2) is 17.5 Å². The standard InChI is InChI=1S/C10H8NO3/c1-7-9(4-6-13-7)14-10(12)8-3-2-5-11-8/h2-6H,1H3/q+1. The highest BCUT2D eigenvalue weighted by atomic mass is 16.5. The molecule has 0 atom stereocenters. The van der Waals surface area contributed by atoms with Gasteiger partial charge in [0, 0.05) is 5.69 Å². The smallest absolute Gasteiger partial charge is 0.591 e. The molecule has 70 valence electrons. The summed E-state index contributed by atoms with van der Waals surface area (Å²) in [5.74, 6) is 0.530. The first-order valence-corrected chi connectivity index (χ1v) is 4.11. The van der Waals surface area contributed by atoms with Gasteiger partial charge in [0.05, 0.1) is 11.7 Å². The van der Waals surface area contributed by atoms with E-state index in [9.17, 15) is 4.79 Å². The molecule has 0 aromatic carbocycles. The summed E-state index contributed by atoms with van der Waals surface area (Å²) in [5, 5.41) is 0. The van der Waals surface area contributed by atoms with Gasteiger partial charge < -0.3 is 4.98 Å². The van der Waals surface area contributed by atoms with Crippen LogP contribution in [0.3, 0.4) is 0 Å². The molecular formula is C10H8NO3+. The van der Waals surface area contributed by atoms with E-state index in [-0.39, 0.29) is 0 Å². The number of ketones is 2. The minimum absolute atomic E-state index is 0.297. The molecular weight excluding hydrogens is 182 g/mol. The van der Waals surface area contributed by atoms with E-state index < -0.39 is 5.97 Å². The molecule has 0 N–H and O–H groups in total. The van der Waals surface area contributed by atoms with Gasteiger partial charge in [0.2, 0.25) is 0 Å². The van der Waals surface area contributed by atoms with Crippen molar-refractivity contribution in [1.29, 1.82) is 0 Å². The molecule has 2 rings (SSSR count). The van der Waals surface area contributed by atoms with Crippen LogP contribution in [0.5, 0.6) is 0 Å². The van der Waals surface area contributed by atoms with Gasteiger partial charge in [-0.3, -0.25) is 4.42 Å². The summed E-state index contributed by atoms with van der Waals surface area (Å²) < 4.78 is 10.0. The number of nitrogens with zero attached hydrogens (tertiary/aromatic N) is 1. The number of rotatable bonds is 1. The van der Waals surface area contributed by atoms with E-state index in [1.807, 2.05) is 0 Å². The van der Waals surface area contributed by atoms with Crippen LogP contribution in [0.4, 0.5) is 0 Å². The van der Waals surface area contributed by atoms with Crippen LogP contribution in [0.1, 0.15) is 17.4 Å². The summed E-state index contributed by atoms with van der Waals surface area (Å²) in [6.07, 6.45) is 4.60. The van der Waals surface area contributed by atoms with Crippen molar-refractivity contribution >= 4 is 17.5 Å². The van der Waals surface area contributed by atoms with E-state index >= 15 is 0 Å². The van der Waals surface area contributed by atoms with Gasteiger partial charge in [-0.1, -0.05) is 12.1 Å². The molecule has 0 spiro atoms. The van der Waals surface area contributed by atoms with Gasteiger partial charge >= 0.3 is 23.8 Å². The summed E-state index contributed by atoms with van der Waals surface area (Å²) in [6.45, 7) is 1.72. The second-order valence-electron chi connectivity index (χ2n) is 2.75. The molecule has 0 unspecified atom stereocenters. The zero-order valence-electron chi connectivity index (χ0n) is 7.56. The number of allylic oxidation sites excluding steroid dienone is 1. The van der Waals surface area contributed by atoms with Gasteiger partial charge in [0.15, 0.2) is 0 Å². The first-order valence-electron chi connectivity index (χ1n) is 4.11. The normalized spacial score (nSPS) is 17.5. The van der Waals surface area contributed by atoms with Crippen LogP contribution in [0.25, 0.3) is 0 Å². The molecule has 0 bridgehead atoms. The van der Waals surface area contributed by atoms with Crippen molar-refractivity contribution in [2.45, 2.75) is 6.92 Å². The Morgan fingerprint density at radius 2 is 2.43 bits per heavy atom. The van der Waals surface area contributed by atoms with Crippen LogP contribution in [-0.2, 0) is 8.85 Å². The molecule has 0 aliphatic carbocycles. The third-order valence-corrected chi connectivity index (χ3v) is 1.78. The molecule has 0 saturated carbocycles. The molecule has 4 nitrogen and oxygen atoms in total. The number of hydrogen-bond donors (Lipinski definition) is 0. The van der Waals surface area contributed by atoms with Crippen LogP contribution in [0, 0.1) is 0 Å². The van der Waals surface area contributed by atoms with Crippen LogP contribution < -0.4 is 4.98 Å². The van der Waals surface area contributed by atoms with E-state index in [1.54, 1.807) is 31.3 Å². The van der Waals surface area contributed by atoms with Gasteiger partial charge in [-0.2, -0.15) is 6.20 Å². The van der Waals surface area contributed by atoms with Crippen molar-refractivity contribution in [3.63, 3.8) is 0 Å². The Morgan fingerprint density at radius 3 is 3.00 bits per heavy atom. The zero-order valence-corrected chi connectivity index (χ0v) is 7.56. The summed E-state index contributed by atoms with van der Waals surface area (Å²) in [7, 11) is 0. The Hall–Kier alpha value is -1.97. The van der Waals surface area contributed by atoms with Crippen molar-refractivity contribution in [3.8, 4) is 0 Å². The van der Waals surface area contributed by atoms with E-state index in [4.69, 9.17) is 8.85 Å². The second-order valence-corrected chi connectivity index (χ2v) is 2.75. The molecule has 2 heterocycles. The molecule has 1 aliphatic heterocycles. The SMILES string of the molecule is CC1=[O+]C=CC1=[O+]C(=O)c1ccc[n-]1. The lowest BCUT2D eigenvalue weighted by atomic mass is 10.3. The average Bonchev–Trinajstić information content (AvgIpc) is 2.77. The molecule has 0 saturated heterocycles. The van der Waals surface area contributed by atoms with Crippen molar-refractivity contribution in [2.24, 2.45) is 0 Å². The molecule has 1 aliphatic rings. The maximum Gasteiger partial charge on any atom is 0.591 e. The quantitative estimate of drug-likeness (QED) is 0.479. The summed E-state index contributed by atoms with van der Waals surface area (Å²) in [6, 6.07) is 3.27. The maximum atomic E-state index is 11.4. The predicted molar refractivity (Wildman–Crippen MR) is 48.9 cm³/mol. The van der Waals surface area contributed by atoms with Gasteiger partial charge in [-0.25, -0.2) is 4.42 Å². The second kappa shape index (κ2) is 3.41. The Bertz CT molecular complexity index is 438. The molecule has 0 radical (unpaired) electrons. The molecule has 0 amide bonds. The molecule has 4 heteroatoms. The maximum absolute atomic E-state index is 11.4. The number of aromatic nitrogens is 1. The molecule has 14 heavy (non-hydrogen) atoms. The third kappa shape index (κ3) is 1.54. The summed E-state index contributed by atoms with van der Waals surface area (Å²) in [4.78, 5) is 15.2. The average molecular weight is 190 g/mol. The highest BCUT2D eigenvalue weighted by Gasteiger charge is 2.28. The molecule has 1 aromatic rings. The van der Waals surface area contributed by atoms with Crippen molar-refractivity contribution in [3.05, 3.63) is 36.4 Å². The van der Waals surface area contributed by atoms with Gasteiger partial charge in [0.25, 0.3) is 0 Å². The van der Waals surface area contributed by atoms with Gasteiger partial charge in [-0.05, 0) is 0 Å². The van der Waals surface area contributed by atoms with Crippen LogP contribution in [0.2, 0.25) is 0 Å².